The summed E-state index contributed by atoms with van der Waals surface area (Å²) in [6, 6.07) is 36.6. The van der Waals surface area contributed by atoms with E-state index in [2.05, 4.69) is 93.5 Å². The molecule has 9 aromatic rings. The molecular weight excluding hydrogens is 817 g/mol. The highest BCUT2D eigenvalue weighted by atomic mass is 32.1. The number of imidazole rings is 2. The topological polar surface area (TPSA) is 116 Å². The van der Waals surface area contributed by atoms with Gasteiger partial charge in [0.25, 0.3) is 5.91 Å². The number of pyridine rings is 2. The first-order valence-corrected chi connectivity index (χ1v) is 23.6. The predicted molar refractivity (Wildman–Crippen MR) is 257 cm³/mol. The van der Waals surface area contributed by atoms with Crippen molar-refractivity contribution in [3.05, 3.63) is 176 Å². The molecule has 0 unspecified atom stereocenters. The van der Waals surface area contributed by atoms with Crippen molar-refractivity contribution in [3.63, 3.8) is 0 Å². The van der Waals surface area contributed by atoms with Gasteiger partial charge in [-0.3, -0.25) is 13.6 Å². The number of anilines is 2. The molecule has 2 aliphatic rings. The molecule has 1 amide bonds. The molecule has 6 heterocycles. The normalized spacial score (nSPS) is 15.4. The second-order valence-electron chi connectivity index (χ2n) is 17.1. The highest BCUT2D eigenvalue weighted by molar-refractivity contribution is 7.10. The highest BCUT2D eigenvalue weighted by Gasteiger charge is 2.41. The molecule has 0 spiro atoms. The van der Waals surface area contributed by atoms with E-state index in [1.807, 2.05) is 73.0 Å². The number of rotatable bonds is 8. The lowest BCUT2D eigenvalue weighted by molar-refractivity contribution is 0.102. The molecule has 0 saturated heterocycles. The lowest BCUT2D eigenvalue weighted by Gasteiger charge is -2.27. The zero-order valence-electron chi connectivity index (χ0n) is 35.8. The summed E-state index contributed by atoms with van der Waals surface area (Å²) in [6.45, 7) is 6.27. The summed E-state index contributed by atoms with van der Waals surface area (Å²) >= 11 is 3.53. The van der Waals surface area contributed by atoms with Gasteiger partial charge < -0.3 is 11.1 Å². The number of thiazole rings is 2. The third-order valence-corrected chi connectivity index (χ3v) is 15.2. The van der Waals surface area contributed by atoms with Crippen molar-refractivity contribution in [2.24, 2.45) is 0 Å². The highest BCUT2D eigenvalue weighted by Crippen LogP contribution is 2.49. The fraction of sp³-hybridized carbons (Fsp3) is 0.250. The first-order chi connectivity index (χ1) is 30.7. The van der Waals surface area contributed by atoms with E-state index in [1.54, 1.807) is 23.5 Å². The van der Waals surface area contributed by atoms with Crippen molar-refractivity contribution in [2.45, 2.75) is 83.0 Å². The van der Waals surface area contributed by atoms with E-state index >= 15 is 0 Å². The van der Waals surface area contributed by atoms with Crippen LogP contribution in [0.4, 0.5) is 11.4 Å². The Hall–Kier alpha value is -6.43. The first kappa shape index (κ1) is 40.6. The van der Waals surface area contributed by atoms with E-state index < -0.39 is 0 Å². The molecule has 9 nitrogen and oxygen atoms in total. The second kappa shape index (κ2) is 16.7. The van der Waals surface area contributed by atoms with Gasteiger partial charge >= 0.3 is 0 Å². The molecule has 0 radical (unpaired) electrons. The minimum absolute atomic E-state index is 0.0744. The SMILES string of the molecule is Cc1ccc(C2(c3nc(-c4c(C)nc5ccccn45)cs3)CCCC2)cc1.Cc1nc2ccccn2c1-c1csc(C2(c3ccc(C(=O)Nc4ccccc4N)cc3)CCCC2)n1. The van der Waals surface area contributed by atoms with Gasteiger partial charge in [0, 0.05) is 39.5 Å². The summed E-state index contributed by atoms with van der Waals surface area (Å²) in [7, 11) is 0. The fourth-order valence-corrected chi connectivity index (χ4v) is 12.0. The fourth-order valence-electron chi connectivity index (χ4n) is 9.88. The van der Waals surface area contributed by atoms with Gasteiger partial charge in [-0.1, -0.05) is 91.9 Å². The number of nitrogens with zero attached hydrogens (tertiary/aromatic N) is 6. The van der Waals surface area contributed by atoms with E-state index in [0.717, 1.165) is 63.3 Å². The van der Waals surface area contributed by atoms with Gasteiger partial charge in [-0.25, -0.2) is 19.9 Å². The van der Waals surface area contributed by atoms with E-state index in [9.17, 15) is 4.79 Å². The van der Waals surface area contributed by atoms with Crippen molar-refractivity contribution in [1.29, 1.82) is 0 Å². The van der Waals surface area contributed by atoms with Crippen LogP contribution < -0.4 is 11.1 Å². The molecule has 0 bridgehead atoms. The van der Waals surface area contributed by atoms with E-state index in [0.29, 0.717) is 16.9 Å². The lowest BCUT2D eigenvalue weighted by Crippen LogP contribution is -2.24. The number of para-hydroxylation sites is 2. The number of carbonyl (C=O) groups excluding carboxylic acids is 1. The van der Waals surface area contributed by atoms with Crippen molar-refractivity contribution < 1.29 is 4.79 Å². The van der Waals surface area contributed by atoms with Crippen molar-refractivity contribution in [2.75, 3.05) is 11.1 Å². The van der Waals surface area contributed by atoms with Crippen LogP contribution in [-0.2, 0) is 10.8 Å². The summed E-state index contributed by atoms with van der Waals surface area (Å²) in [5.74, 6) is -0.167. The number of carbonyl (C=O) groups is 1. The van der Waals surface area contributed by atoms with E-state index in [-0.39, 0.29) is 16.7 Å². The third kappa shape index (κ3) is 7.42. The Labute approximate surface area is 375 Å². The number of aromatic nitrogens is 6. The lowest BCUT2D eigenvalue weighted by atomic mass is 9.79. The van der Waals surface area contributed by atoms with Crippen LogP contribution in [0.5, 0.6) is 0 Å². The monoisotopic (exact) mass is 866 g/mol. The van der Waals surface area contributed by atoms with Gasteiger partial charge in [0.05, 0.1) is 34.2 Å². The third-order valence-electron chi connectivity index (χ3n) is 13.1. The molecule has 6 aromatic heterocycles. The number of aryl methyl sites for hydroxylation is 3. The predicted octanol–water partition coefficient (Wildman–Crippen LogP) is 12.4. The summed E-state index contributed by atoms with van der Waals surface area (Å²) in [6.07, 6.45) is 13.5. The van der Waals surface area contributed by atoms with Crippen molar-refractivity contribution >= 4 is 51.2 Å². The Kier molecular flexibility index (Phi) is 10.8. The maximum Gasteiger partial charge on any atom is 0.255 e. The zero-order chi connectivity index (χ0) is 43.1. The van der Waals surface area contributed by atoms with Gasteiger partial charge in [0.2, 0.25) is 0 Å². The molecule has 63 heavy (non-hydrogen) atoms. The number of hydrogen-bond acceptors (Lipinski definition) is 8. The van der Waals surface area contributed by atoms with Gasteiger partial charge in [-0.15, -0.1) is 22.7 Å². The Balaban J connectivity index is 0.000000156. The molecule has 0 atom stereocenters. The standard InChI is InChI=1S/C29H27N5OS.C23H23N3S/c1-19-26(34-17-7-4-10-25(34)31-19)24-18-36-28(33-24)29(15-5-6-16-29)21-13-11-20(12-14-21)27(35)32-23-9-3-2-8-22(23)30;1-16-8-10-18(11-9-16)23(12-4-5-13-23)22-25-19(15-27-22)21-17(2)24-20-7-3-6-14-26(20)21/h2-4,7-14,17-18H,5-6,15-16,30H2,1H3,(H,32,35);3,6-11,14-15H,4-5,12-13H2,1-2H3. The number of nitrogens with two attached hydrogens (primary N) is 1. The molecule has 3 aromatic carbocycles. The maximum absolute atomic E-state index is 12.8. The summed E-state index contributed by atoms with van der Waals surface area (Å²) in [4.78, 5) is 32.6. The van der Waals surface area contributed by atoms with Gasteiger partial charge in [0.1, 0.15) is 32.7 Å². The molecular formula is C52H50N8OS2. The van der Waals surface area contributed by atoms with E-state index in [4.69, 9.17) is 25.7 Å². The number of fused-ring (bicyclic) bond motifs is 2. The summed E-state index contributed by atoms with van der Waals surface area (Å²) in [5, 5.41) is 9.67. The molecule has 2 saturated carbocycles. The Morgan fingerprint density at radius 1 is 0.587 bits per heavy atom. The van der Waals surface area contributed by atoms with Gasteiger partial charge in [-0.2, -0.15) is 0 Å². The van der Waals surface area contributed by atoms with Crippen molar-refractivity contribution in [1.82, 2.24) is 28.7 Å². The molecule has 11 heteroatoms. The van der Waals surface area contributed by atoms with Crippen LogP contribution in [0, 0.1) is 20.8 Å². The second-order valence-corrected chi connectivity index (χ2v) is 18.8. The minimum Gasteiger partial charge on any atom is -0.397 e. The first-order valence-electron chi connectivity index (χ1n) is 21.9. The number of amides is 1. The van der Waals surface area contributed by atoms with Crippen LogP contribution in [0.15, 0.2) is 132 Å². The maximum atomic E-state index is 12.8. The van der Waals surface area contributed by atoms with Crippen LogP contribution in [0.2, 0.25) is 0 Å². The molecule has 2 aliphatic carbocycles. The van der Waals surface area contributed by atoms with Crippen LogP contribution in [0.3, 0.4) is 0 Å². The van der Waals surface area contributed by atoms with Crippen LogP contribution in [0.25, 0.3) is 34.1 Å². The zero-order valence-corrected chi connectivity index (χ0v) is 37.5. The quantitative estimate of drug-likeness (QED) is 0.147. The smallest absolute Gasteiger partial charge is 0.255 e. The van der Waals surface area contributed by atoms with Crippen LogP contribution in [-0.4, -0.2) is 34.6 Å². The molecule has 11 rings (SSSR count). The van der Waals surface area contributed by atoms with Gasteiger partial charge in [0.15, 0.2) is 0 Å². The number of nitrogen functional groups attached to an aromatic ring is 1. The number of benzene rings is 3. The Bertz CT molecular complexity index is 3070. The number of hydrogen-bond donors (Lipinski definition) is 2. The van der Waals surface area contributed by atoms with Crippen LogP contribution in [0.1, 0.15) is 99.8 Å². The largest absolute Gasteiger partial charge is 0.397 e. The van der Waals surface area contributed by atoms with Gasteiger partial charge in [-0.05, 0) is 106 Å². The molecule has 0 aliphatic heterocycles. The Morgan fingerprint density at radius 3 is 1.54 bits per heavy atom. The minimum atomic E-state index is -0.167. The molecule has 316 valence electrons. The molecule has 2 fully saturated rings. The summed E-state index contributed by atoms with van der Waals surface area (Å²) in [5.41, 5.74) is 19.8. The number of nitrogens with one attached hydrogen (secondary N) is 1. The Morgan fingerprint density at radius 2 is 1.05 bits per heavy atom. The average molecular weight is 867 g/mol. The average Bonchev–Trinajstić information content (AvgIpc) is 4.17. The summed E-state index contributed by atoms with van der Waals surface area (Å²) < 4.78 is 4.27. The van der Waals surface area contributed by atoms with Crippen LogP contribution >= 0.6 is 22.7 Å². The van der Waals surface area contributed by atoms with Crippen molar-refractivity contribution in [3.8, 4) is 22.8 Å². The molecule has 3 N–H and O–H groups in total. The van der Waals surface area contributed by atoms with E-state index in [1.165, 1.54) is 60.2 Å².